The van der Waals surface area contributed by atoms with Crippen LogP contribution in [-0.4, -0.2) is 30.3 Å². The summed E-state index contributed by atoms with van der Waals surface area (Å²) >= 11 is 0. The first kappa shape index (κ1) is 14.0. The van der Waals surface area contributed by atoms with Crippen molar-refractivity contribution in [2.45, 2.75) is 57.1 Å². The highest BCUT2D eigenvalue weighted by molar-refractivity contribution is 4.99. The average Bonchev–Trinajstić information content (AvgIpc) is 3.21. The first-order valence-corrected chi connectivity index (χ1v) is 7.84. The lowest BCUT2D eigenvalue weighted by atomic mass is 9.82. The maximum absolute atomic E-state index is 5.51. The highest BCUT2D eigenvalue weighted by Crippen LogP contribution is 2.42. The van der Waals surface area contributed by atoms with Crippen LogP contribution in [0.2, 0.25) is 0 Å². The second-order valence-electron chi connectivity index (χ2n) is 6.18. The molecule has 2 aliphatic carbocycles. The Balaban J connectivity index is 1.64. The number of hydrogen-bond acceptors (Lipinski definition) is 5. The van der Waals surface area contributed by atoms with Crippen LogP contribution in [0.4, 0.5) is 0 Å². The molecule has 1 heterocycles. The monoisotopic (exact) mass is 279 g/mol. The Kier molecular flexibility index (Phi) is 4.36. The third-order valence-electron chi connectivity index (χ3n) is 4.76. The molecule has 0 spiro atoms. The van der Waals surface area contributed by atoms with Gasteiger partial charge in [-0.3, -0.25) is 0 Å². The van der Waals surface area contributed by atoms with Crippen molar-refractivity contribution in [3.05, 3.63) is 11.7 Å². The van der Waals surface area contributed by atoms with Gasteiger partial charge in [0.25, 0.3) is 0 Å². The fourth-order valence-electron chi connectivity index (χ4n) is 3.43. The van der Waals surface area contributed by atoms with E-state index < -0.39 is 0 Å². The topological polar surface area (TPSA) is 60.2 Å². The summed E-state index contributed by atoms with van der Waals surface area (Å²) < 4.78 is 11.0. The summed E-state index contributed by atoms with van der Waals surface area (Å²) in [6.45, 7) is 0. The molecule has 0 aliphatic heterocycles. The van der Waals surface area contributed by atoms with Crippen LogP contribution in [0.15, 0.2) is 4.52 Å². The highest BCUT2D eigenvalue weighted by Gasteiger charge is 2.36. The molecule has 1 aromatic rings. The number of aromatic nitrogens is 2. The third-order valence-corrected chi connectivity index (χ3v) is 4.76. The second-order valence-corrected chi connectivity index (χ2v) is 6.18. The van der Waals surface area contributed by atoms with Gasteiger partial charge in [0, 0.05) is 19.6 Å². The minimum atomic E-state index is 0.0268. The van der Waals surface area contributed by atoms with Gasteiger partial charge in [-0.1, -0.05) is 18.0 Å². The van der Waals surface area contributed by atoms with Crippen molar-refractivity contribution in [2.24, 2.45) is 11.8 Å². The van der Waals surface area contributed by atoms with Crippen molar-refractivity contribution in [2.75, 3.05) is 14.2 Å². The van der Waals surface area contributed by atoms with Gasteiger partial charge in [-0.15, -0.1) is 0 Å². The Morgan fingerprint density at radius 1 is 1.30 bits per heavy atom. The van der Waals surface area contributed by atoms with Crippen molar-refractivity contribution in [3.63, 3.8) is 0 Å². The number of ether oxygens (including phenoxy) is 1. The van der Waals surface area contributed by atoms with Gasteiger partial charge in [-0.2, -0.15) is 4.98 Å². The molecule has 3 atom stereocenters. The van der Waals surface area contributed by atoms with E-state index in [2.05, 4.69) is 22.5 Å². The Morgan fingerprint density at radius 2 is 2.10 bits per heavy atom. The van der Waals surface area contributed by atoms with Gasteiger partial charge >= 0.3 is 0 Å². The van der Waals surface area contributed by atoms with Crippen LogP contribution >= 0.6 is 0 Å². The summed E-state index contributed by atoms with van der Waals surface area (Å²) in [4.78, 5) is 4.57. The Bertz CT molecular complexity index is 431. The first-order chi connectivity index (χ1) is 9.81. The largest absolute Gasteiger partial charge is 0.373 e. The molecule has 2 saturated carbocycles. The van der Waals surface area contributed by atoms with Crippen LogP contribution in [-0.2, 0) is 11.2 Å². The molecule has 5 heteroatoms. The Labute approximate surface area is 120 Å². The normalized spacial score (nSPS) is 28.5. The summed E-state index contributed by atoms with van der Waals surface area (Å²) in [6.07, 6.45) is 8.49. The lowest BCUT2D eigenvalue weighted by molar-refractivity contribution is 0.0751. The first-order valence-electron chi connectivity index (χ1n) is 7.84. The number of nitrogens with one attached hydrogen (secondary N) is 1. The van der Waals surface area contributed by atoms with Crippen LogP contribution in [0.5, 0.6) is 0 Å². The summed E-state index contributed by atoms with van der Waals surface area (Å²) in [7, 11) is 3.79. The zero-order valence-corrected chi connectivity index (χ0v) is 12.5. The van der Waals surface area contributed by atoms with Gasteiger partial charge in [0.2, 0.25) is 11.7 Å². The van der Waals surface area contributed by atoms with Crippen LogP contribution in [0.25, 0.3) is 0 Å². The van der Waals surface area contributed by atoms with Crippen molar-refractivity contribution in [3.8, 4) is 0 Å². The third kappa shape index (κ3) is 3.04. The molecule has 3 unspecified atom stereocenters. The number of methoxy groups -OCH3 is 1. The molecule has 2 aliphatic rings. The van der Waals surface area contributed by atoms with Crippen molar-refractivity contribution in [1.82, 2.24) is 15.5 Å². The molecule has 0 amide bonds. The molecule has 1 aromatic heterocycles. The number of nitrogens with zero attached hydrogens (tertiary/aromatic N) is 2. The van der Waals surface area contributed by atoms with Gasteiger partial charge in [0.1, 0.15) is 6.10 Å². The van der Waals surface area contributed by atoms with E-state index in [1.807, 2.05) is 0 Å². The Hall–Kier alpha value is -0.940. The average molecular weight is 279 g/mol. The van der Waals surface area contributed by atoms with Crippen LogP contribution in [0.3, 0.4) is 0 Å². The summed E-state index contributed by atoms with van der Waals surface area (Å²) in [5.41, 5.74) is 0. The van der Waals surface area contributed by atoms with E-state index in [0.29, 0.717) is 17.9 Å². The molecule has 112 valence electrons. The molecule has 0 saturated heterocycles. The molecule has 2 fully saturated rings. The van der Waals surface area contributed by atoms with Gasteiger partial charge in [0.15, 0.2) is 0 Å². The zero-order chi connectivity index (χ0) is 13.9. The number of hydrogen-bond donors (Lipinski definition) is 1. The van der Waals surface area contributed by atoms with E-state index in [1.165, 1.54) is 38.5 Å². The molecule has 0 radical (unpaired) electrons. The minimum absolute atomic E-state index is 0.0268. The highest BCUT2D eigenvalue weighted by atomic mass is 16.5. The molecular formula is C15H25N3O2. The molecule has 0 aromatic carbocycles. The zero-order valence-electron chi connectivity index (χ0n) is 12.5. The summed E-state index contributed by atoms with van der Waals surface area (Å²) in [5.74, 6) is 2.71. The van der Waals surface area contributed by atoms with E-state index in [0.717, 1.165) is 18.1 Å². The molecule has 20 heavy (non-hydrogen) atoms. The molecular weight excluding hydrogens is 254 g/mol. The van der Waals surface area contributed by atoms with E-state index in [4.69, 9.17) is 9.26 Å². The van der Waals surface area contributed by atoms with E-state index >= 15 is 0 Å². The molecule has 3 rings (SSSR count). The molecule has 5 nitrogen and oxygen atoms in total. The second kappa shape index (κ2) is 6.22. The minimum Gasteiger partial charge on any atom is -0.373 e. The lowest BCUT2D eigenvalue weighted by Crippen LogP contribution is -2.37. The standard InChI is InChI=1S/C15H25N3O2/c1-16-12-6-4-3-5-11(12)9-13-17-15(18-20-13)14(19-2)10-7-8-10/h10-12,14,16H,3-9H2,1-2H3. The van der Waals surface area contributed by atoms with Gasteiger partial charge < -0.3 is 14.6 Å². The van der Waals surface area contributed by atoms with E-state index in [9.17, 15) is 0 Å². The van der Waals surface area contributed by atoms with E-state index in [-0.39, 0.29) is 6.10 Å². The van der Waals surface area contributed by atoms with Crippen molar-refractivity contribution in [1.29, 1.82) is 0 Å². The van der Waals surface area contributed by atoms with Crippen LogP contribution in [0.1, 0.15) is 56.3 Å². The van der Waals surface area contributed by atoms with Crippen LogP contribution in [0, 0.1) is 11.8 Å². The van der Waals surface area contributed by atoms with Crippen molar-refractivity contribution >= 4 is 0 Å². The van der Waals surface area contributed by atoms with Gasteiger partial charge in [-0.25, -0.2) is 0 Å². The van der Waals surface area contributed by atoms with Crippen LogP contribution < -0.4 is 5.32 Å². The maximum Gasteiger partial charge on any atom is 0.227 e. The summed E-state index contributed by atoms with van der Waals surface area (Å²) in [6, 6.07) is 0.584. The predicted octanol–water partition coefficient (Wildman–Crippen LogP) is 2.49. The molecule has 1 N–H and O–H groups in total. The van der Waals surface area contributed by atoms with Crippen molar-refractivity contribution < 1.29 is 9.26 Å². The predicted molar refractivity (Wildman–Crippen MR) is 75.3 cm³/mol. The SMILES string of the molecule is CNC1CCCCC1Cc1nc(C(OC)C2CC2)no1. The fraction of sp³-hybridized carbons (Fsp3) is 0.867. The Morgan fingerprint density at radius 3 is 2.80 bits per heavy atom. The van der Waals surface area contributed by atoms with E-state index in [1.54, 1.807) is 7.11 Å². The maximum atomic E-state index is 5.51. The van der Waals surface area contributed by atoms with Gasteiger partial charge in [0.05, 0.1) is 0 Å². The van der Waals surface area contributed by atoms with Gasteiger partial charge in [-0.05, 0) is 44.6 Å². The summed E-state index contributed by atoms with van der Waals surface area (Å²) in [5, 5.41) is 7.56. The quantitative estimate of drug-likeness (QED) is 0.867. The fourth-order valence-corrected chi connectivity index (χ4v) is 3.43. The smallest absolute Gasteiger partial charge is 0.227 e. The lowest BCUT2D eigenvalue weighted by Gasteiger charge is -2.30. The molecule has 0 bridgehead atoms. The number of rotatable bonds is 6.